The van der Waals surface area contributed by atoms with Crippen molar-refractivity contribution in [2.45, 2.75) is 25.3 Å². The number of thiophene rings is 1. The monoisotopic (exact) mass is 428 g/mol. The van der Waals surface area contributed by atoms with Crippen molar-refractivity contribution in [2.75, 3.05) is 18.0 Å². The standard InChI is InChI=1S/C16H18Br2N2S/c17-12-9-15(21-16(12)18)14(10-19)20-8-4-3-6-11-5-1-2-7-13(11)20/h1-2,5,7,9,14H,3-4,6,8,10,19H2. The van der Waals surface area contributed by atoms with Crippen molar-refractivity contribution in [3.8, 4) is 0 Å². The first kappa shape index (κ1) is 15.5. The van der Waals surface area contributed by atoms with Gasteiger partial charge in [0.2, 0.25) is 0 Å². The molecule has 0 radical (unpaired) electrons. The van der Waals surface area contributed by atoms with Gasteiger partial charge in [-0.2, -0.15) is 0 Å². The number of rotatable bonds is 3. The van der Waals surface area contributed by atoms with E-state index in [9.17, 15) is 0 Å². The number of fused-ring (bicyclic) bond motifs is 1. The average Bonchev–Trinajstić information content (AvgIpc) is 2.71. The summed E-state index contributed by atoms with van der Waals surface area (Å²) in [6.07, 6.45) is 3.64. The van der Waals surface area contributed by atoms with E-state index >= 15 is 0 Å². The lowest BCUT2D eigenvalue weighted by Gasteiger charge is -2.32. The molecule has 112 valence electrons. The van der Waals surface area contributed by atoms with E-state index in [0.29, 0.717) is 6.54 Å². The molecule has 1 aromatic heterocycles. The lowest BCUT2D eigenvalue weighted by molar-refractivity contribution is 0.618. The van der Waals surface area contributed by atoms with Crippen LogP contribution in [0.15, 0.2) is 38.6 Å². The highest BCUT2D eigenvalue weighted by Gasteiger charge is 2.25. The van der Waals surface area contributed by atoms with Crippen molar-refractivity contribution >= 4 is 48.9 Å². The first-order valence-electron chi connectivity index (χ1n) is 7.20. The lowest BCUT2D eigenvalue weighted by Crippen LogP contribution is -2.34. The highest BCUT2D eigenvalue weighted by atomic mass is 79.9. The number of hydrogen-bond donors (Lipinski definition) is 1. The Morgan fingerprint density at radius 1 is 1.24 bits per heavy atom. The SMILES string of the molecule is NCC(c1cc(Br)c(Br)s1)N1CCCCc2ccccc21. The number of benzene rings is 1. The minimum atomic E-state index is 0.247. The molecule has 3 rings (SSSR count). The quantitative estimate of drug-likeness (QED) is 0.733. The number of anilines is 1. The summed E-state index contributed by atoms with van der Waals surface area (Å²) in [5.74, 6) is 0. The normalized spacial score (nSPS) is 16.4. The summed E-state index contributed by atoms with van der Waals surface area (Å²) in [4.78, 5) is 3.81. The highest BCUT2D eigenvalue weighted by molar-refractivity contribution is 9.13. The summed E-state index contributed by atoms with van der Waals surface area (Å²) in [5, 5.41) is 0. The van der Waals surface area contributed by atoms with E-state index in [2.05, 4.69) is 67.1 Å². The molecule has 1 aliphatic rings. The molecule has 2 heterocycles. The van der Waals surface area contributed by atoms with Crippen LogP contribution in [-0.4, -0.2) is 13.1 Å². The van der Waals surface area contributed by atoms with Gasteiger partial charge in [0, 0.05) is 28.1 Å². The maximum atomic E-state index is 6.14. The first-order valence-corrected chi connectivity index (χ1v) is 9.60. The predicted molar refractivity (Wildman–Crippen MR) is 98.2 cm³/mol. The minimum absolute atomic E-state index is 0.247. The van der Waals surface area contributed by atoms with E-state index in [1.807, 2.05) is 0 Å². The molecule has 0 bridgehead atoms. The summed E-state index contributed by atoms with van der Waals surface area (Å²) in [5.41, 5.74) is 8.94. The van der Waals surface area contributed by atoms with Crippen LogP contribution in [0.1, 0.15) is 29.3 Å². The Hall–Kier alpha value is -0.360. The van der Waals surface area contributed by atoms with Gasteiger partial charge >= 0.3 is 0 Å². The number of nitrogens with two attached hydrogens (primary N) is 1. The van der Waals surface area contributed by atoms with Gasteiger partial charge in [0.15, 0.2) is 0 Å². The van der Waals surface area contributed by atoms with Crippen molar-refractivity contribution < 1.29 is 0 Å². The van der Waals surface area contributed by atoms with E-state index in [4.69, 9.17) is 5.73 Å². The minimum Gasteiger partial charge on any atom is -0.362 e. The Morgan fingerprint density at radius 2 is 2.05 bits per heavy atom. The van der Waals surface area contributed by atoms with Gasteiger partial charge in [0.05, 0.1) is 9.83 Å². The summed E-state index contributed by atoms with van der Waals surface area (Å²) in [7, 11) is 0. The second-order valence-corrected chi connectivity index (χ2v) is 8.56. The van der Waals surface area contributed by atoms with Crippen LogP contribution in [0.3, 0.4) is 0 Å². The molecule has 0 spiro atoms. The number of aryl methyl sites for hydroxylation is 1. The van der Waals surface area contributed by atoms with Crippen LogP contribution < -0.4 is 10.6 Å². The van der Waals surface area contributed by atoms with Crippen LogP contribution in [0.25, 0.3) is 0 Å². The molecule has 0 saturated heterocycles. The smallest absolute Gasteiger partial charge is 0.0844 e. The van der Waals surface area contributed by atoms with Gasteiger partial charge in [0.25, 0.3) is 0 Å². The Morgan fingerprint density at radius 3 is 2.76 bits per heavy atom. The van der Waals surface area contributed by atoms with E-state index in [1.165, 1.54) is 35.4 Å². The molecule has 0 amide bonds. The number of halogens is 2. The largest absolute Gasteiger partial charge is 0.362 e. The van der Waals surface area contributed by atoms with Crippen LogP contribution in [0.5, 0.6) is 0 Å². The molecule has 1 aromatic carbocycles. The fraction of sp³-hybridized carbons (Fsp3) is 0.375. The van der Waals surface area contributed by atoms with Crippen LogP contribution >= 0.6 is 43.2 Å². The summed E-state index contributed by atoms with van der Waals surface area (Å²) in [6, 6.07) is 11.2. The van der Waals surface area contributed by atoms with Crippen molar-refractivity contribution in [2.24, 2.45) is 5.73 Å². The summed E-state index contributed by atoms with van der Waals surface area (Å²) in [6.45, 7) is 1.71. The predicted octanol–water partition coefficient (Wildman–Crippen LogP) is 5.12. The maximum absolute atomic E-state index is 6.14. The van der Waals surface area contributed by atoms with Gasteiger partial charge in [-0.1, -0.05) is 18.2 Å². The third kappa shape index (κ3) is 3.21. The molecular weight excluding hydrogens is 412 g/mol. The van der Waals surface area contributed by atoms with E-state index in [-0.39, 0.29) is 6.04 Å². The number of para-hydroxylation sites is 1. The fourth-order valence-electron chi connectivity index (χ4n) is 2.97. The molecule has 0 fully saturated rings. The van der Waals surface area contributed by atoms with Crippen molar-refractivity contribution in [3.05, 3.63) is 49.0 Å². The van der Waals surface area contributed by atoms with Crippen LogP contribution in [0.4, 0.5) is 5.69 Å². The zero-order valence-electron chi connectivity index (χ0n) is 11.7. The summed E-state index contributed by atoms with van der Waals surface area (Å²) >= 11 is 8.96. The van der Waals surface area contributed by atoms with Gasteiger partial charge < -0.3 is 10.6 Å². The maximum Gasteiger partial charge on any atom is 0.0844 e. The lowest BCUT2D eigenvalue weighted by atomic mass is 10.1. The van der Waals surface area contributed by atoms with Gasteiger partial charge in [-0.25, -0.2) is 0 Å². The first-order chi connectivity index (χ1) is 10.2. The second-order valence-electron chi connectivity index (χ2n) is 5.30. The van der Waals surface area contributed by atoms with Crippen molar-refractivity contribution in [1.29, 1.82) is 0 Å². The number of hydrogen-bond acceptors (Lipinski definition) is 3. The molecule has 5 heteroatoms. The Bertz CT molecular complexity index is 607. The van der Waals surface area contributed by atoms with Gasteiger partial charge in [-0.3, -0.25) is 0 Å². The Kier molecular flexibility index (Phi) is 5.04. The Balaban J connectivity index is 2.00. The van der Waals surface area contributed by atoms with Crippen molar-refractivity contribution in [1.82, 2.24) is 0 Å². The van der Waals surface area contributed by atoms with E-state index < -0.39 is 0 Å². The summed E-state index contributed by atoms with van der Waals surface area (Å²) < 4.78 is 2.25. The van der Waals surface area contributed by atoms with Gasteiger partial charge in [-0.15, -0.1) is 11.3 Å². The molecule has 2 N–H and O–H groups in total. The van der Waals surface area contributed by atoms with Crippen LogP contribution in [-0.2, 0) is 6.42 Å². The molecular formula is C16H18Br2N2S. The Labute approximate surface area is 146 Å². The van der Waals surface area contributed by atoms with Crippen LogP contribution in [0.2, 0.25) is 0 Å². The zero-order chi connectivity index (χ0) is 14.8. The van der Waals surface area contributed by atoms with Gasteiger partial charge in [0.1, 0.15) is 0 Å². The van der Waals surface area contributed by atoms with Gasteiger partial charge in [-0.05, 0) is 68.8 Å². The van der Waals surface area contributed by atoms with E-state index in [1.54, 1.807) is 11.3 Å². The molecule has 1 aliphatic heterocycles. The van der Waals surface area contributed by atoms with E-state index in [0.717, 1.165) is 14.8 Å². The molecule has 2 aromatic rings. The number of nitrogens with zero attached hydrogens (tertiary/aromatic N) is 1. The molecule has 1 atom stereocenters. The van der Waals surface area contributed by atoms with Crippen LogP contribution in [0, 0.1) is 0 Å². The third-order valence-corrected chi connectivity index (χ3v) is 7.35. The molecule has 0 saturated carbocycles. The molecule has 2 nitrogen and oxygen atoms in total. The zero-order valence-corrected chi connectivity index (χ0v) is 15.7. The fourth-order valence-corrected chi connectivity index (χ4v) is 5.18. The molecule has 1 unspecified atom stereocenters. The topological polar surface area (TPSA) is 29.3 Å². The highest BCUT2D eigenvalue weighted by Crippen LogP contribution is 2.40. The van der Waals surface area contributed by atoms with Crippen molar-refractivity contribution in [3.63, 3.8) is 0 Å². The second kappa shape index (κ2) is 6.82. The molecule has 21 heavy (non-hydrogen) atoms. The third-order valence-electron chi connectivity index (χ3n) is 3.99. The molecule has 0 aliphatic carbocycles. The average molecular weight is 430 g/mol.